The van der Waals surface area contributed by atoms with E-state index in [0.29, 0.717) is 0 Å². The number of nitrogens with zero attached hydrogens (tertiary/aromatic N) is 3. The minimum absolute atomic E-state index is 0.160. The molecule has 0 unspecified atom stereocenters. The highest BCUT2D eigenvalue weighted by Crippen LogP contribution is 2.30. The molecule has 4 nitrogen and oxygen atoms in total. The van der Waals surface area contributed by atoms with Crippen LogP contribution in [0.5, 0.6) is 0 Å². The monoisotopic (exact) mass is 209 g/mol. The van der Waals surface area contributed by atoms with Crippen LogP contribution in [0.4, 0.5) is 0 Å². The summed E-state index contributed by atoms with van der Waals surface area (Å²) >= 11 is 0. The zero-order chi connectivity index (χ0) is 10.8. The Kier molecular flexibility index (Phi) is 3.05. The first-order valence-corrected chi connectivity index (χ1v) is 5.88. The third-order valence-corrected chi connectivity index (χ3v) is 3.14. The highest BCUT2D eigenvalue weighted by Gasteiger charge is 2.29. The molecule has 0 saturated heterocycles. The van der Waals surface area contributed by atoms with Gasteiger partial charge in [-0.05, 0) is 19.3 Å². The molecule has 1 saturated carbocycles. The minimum atomic E-state index is -0.235. The molecule has 1 aliphatic carbocycles. The Balaban J connectivity index is 2.29. The standard InChI is InChI=1S/C11H19N3O/c1-3-10-12-11(4-2)14(13-10)8-6-5-7-9(8)15/h8-9,15H,3-7H2,1-2H3/t8-,9-/m1/s1. The fourth-order valence-electron chi connectivity index (χ4n) is 2.27. The van der Waals surface area contributed by atoms with Crippen LogP contribution in [0.2, 0.25) is 0 Å². The van der Waals surface area contributed by atoms with Crippen molar-refractivity contribution in [2.75, 3.05) is 0 Å². The van der Waals surface area contributed by atoms with Crippen molar-refractivity contribution in [1.29, 1.82) is 0 Å². The molecule has 15 heavy (non-hydrogen) atoms. The fraction of sp³-hybridized carbons (Fsp3) is 0.818. The van der Waals surface area contributed by atoms with Gasteiger partial charge in [-0.2, -0.15) is 5.10 Å². The van der Waals surface area contributed by atoms with Crippen LogP contribution in [0.25, 0.3) is 0 Å². The molecule has 0 spiro atoms. The molecule has 0 amide bonds. The van der Waals surface area contributed by atoms with E-state index in [-0.39, 0.29) is 12.1 Å². The van der Waals surface area contributed by atoms with Crippen molar-refractivity contribution in [1.82, 2.24) is 14.8 Å². The Morgan fingerprint density at radius 2 is 2.13 bits per heavy atom. The summed E-state index contributed by atoms with van der Waals surface area (Å²) < 4.78 is 1.95. The Morgan fingerprint density at radius 3 is 2.67 bits per heavy atom. The van der Waals surface area contributed by atoms with Crippen LogP contribution < -0.4 is 0 Å². The Bertz CT molecular complexity index is 335. The average molecular weight is 209 g/mol. The molecule has 0 radical (unpaired) electrons. The van der Waals surface area contributed by atoms with Crippen LogP contribution in [0, 0.1) is 0 Å². The second-order valence-corrected chi connectivity index (χ2v) is 4.16. The fourth-order valence-corrected chi connectivity index (χ4v) is 2.27. The maximum Gasteiger partial charge on any atom is 0.150 e. The van der Waals surface area contributed by atoms with Gasteiger partial charge in [-0.3, -0.25) is 0 Å². The zero-order valence-corrected chi connectivity index (χ0v) is 9.48. The molecular formula is C11H19N3O. The van der Waals surface area contributed by atoms with Crippen LogP contribution in [-0.4, -0.2) is 26.0 Å². The summed E-state index contributed by atoms with van der Waals surface area (Å²) in [5, 5.41) is 14.3. The Morgan fingerprint density at radius 1 is 1.33 bits per heavy atom. The molecule has 1 heterocycles. The van der Waals surface area contributed by atoms with Crippen molar-refractivity contribution in [2.45, 2.75) is 58.1 Å². The number of rotatable bonds is 3. The van der Waals surface area contributed by atoms with E-state index in [1.165, 1.54) is 0 Å². The van der Waals surface area contributed by atoms with E-state index >= 15 is 0 Å². The van der Waals surface area contributed by atoms with E-state index in [9.17, 15) is 5.11 Å². The molecule has 1 aromatic heterocycles. The summed E-state index contributed by atoms with van der Waals surface area (Å²) in [7, 11) is 0. The van der Waals surface area contributed by atoms with Crippen LogP contribution in [0.3, 0.4) is 0 Å². The number of aliphatic hydroxyl groups excluding tert-OH is 1. The lowest BCUT2D eigenvalue weighted by atomic mass is 10.2. The van der Waals surface area contributed by atoms with Crippen molar-refractivity contribution in [2.24, 2.45) is 0 Å². The number of aromatic nitrogens is 3. The molecule has 0 aromatic carbocycles. The first kappa shape index (κ1) is 10.6. The van der Waals surface area contributed by atoms with Crippen molar-refractivity contribution in [3.8, 4) is 0 Å². The summed E-state index contributed by atoms with van der Waals surface area (Å²) in [5.74, 6) is 1.91. The van der Waals surface area contributed by atoms with Gasteiger partial charge in [-0.15, -0.1) is 0 Å². The van der Waals surface area contributed by atoms with E-state index < -0.39 is 0 Å². The molecule has 4 heteroatoms. The average Bonchev–Trinajstić information content (AvgIpc) is 2.82. The van der Waals surface area contributed by atoms with Gasteiger partial charge in [-0.1, -0.05) is 13.8 Å². The van der Waals surface area contributed by atoms with Gasteiger partial charge < -0.3 is 5.11 Å². The predicted octanol–water partition coefficient (Wildman–Crippen LogP) is 1.49. The number of hydrogen-bond donors (Lipinski definition) is 1. The topological polar surface area (TPSA) is 50.9 Å². The lowest BCUT2D eigenvalue weighted by Crippen LogP contribution is -2.21. The van der Waals surface area contributed by atoms with Gasteiger partial charge in [0.05, 0.1) is 12.1 Å². The number of aryl methyl sites for hydroxylation is 2. The van der Waals surface area contributed by atoms with Crippen LogP contribution in [0.1, 0.15) is 50.8 Å². The second kappa shape index (κ2) is 4.31. The molecule has 1 N–H and O–H groups in total. The van der Waals surface area contributed by atoms with Crippen LogP contribution in [-0.2, 0) is 12.8 Å². The van der Waals surface area contributed by atoms with Gasteiger partial charge in [-0.25, -0.2) is 9.67 Å². The summed E-state index contributed by atoms with van der Waals surface area (Å²) in [5.41, 5.74) is 0. The molecule has 0 bridgehead atoms. The van der Waals surface area contributed by atoms with Crippen LogP contribution in [0.15, 0.2) is 0 Å². The van der Waals surface area contributed by atoms with Gasteiger partial charge in [0.2, 0.25) is 0 Å². The molecular weight excluding hydrogens is 190 g/mol. The third-order valence-electron chi connectivity index (χ3n) is 3.14. The van der Waals surface area contributed by atoms with Gasteiger partial charge in [0.15, 0.2) is 5.82 Å². The SMILES string of the molecule is CCc1nc(CC)n([C@@H]2CCC[C@H]2O)n1. The van der Waals surface area contributed by atoms with Gasteiger partial charge in [0, 0.05) is 12.8 Å². The molecule has 84 valence electrons. The zero-order valence-electron chi connectivity index (χ0n) is 9.48. The normalized spacial score (nSPS) is 26.1. The summed E-state index contributed by atoms with van der Waals surface area (Å²) in [6.45, 7) is 4.14. The molecule has 0 aliphatic heterocycles. The Hall–Kier alpha value is -0.900. The predicted molar refractivity (Wildman–Crippen MR) is 57.7 cm³/mol. The third kappa shape index (κ3) is 1.91. The lowest BCUT2D eigenvalue weighted by molar-refractivity contribution is 0.128. The number of aliphatic hydroxyl groups is 1. The maximum atomic E-state index is 9.86. The highest BCUT2D eigenvalue weighted by molar-refractivity contribution is 4.97. The second-order valence-electron chi connectivity index (χ2n) is 4.16. The van der Waals surface area contributed by atoms with Crippen molar-refractivity contribution >= 4 is 0 Å². The molecule has 1 aliphatic rings. The summed E-state index contributed by atoms with van der Waals surface area (Å²) in [4.78, 5) is 4.47. The van der Waals surface area contributed by atoms with Gasteiger partial charge in [0.25, 0.3) is 0 Å². The summed E-state index contributed by atoms with van der Waals surface area (Å²) in [6, 6.07) is 0.160. The molecule has 1 aromatic rings. The molecule has 2 atom stereocenters. The smallest absolute Gasteiger partial charge is 0.150 e. The van der Waals surface area contributed by atoms with Gasteiger partial charge >= 0.3 is 0 Å². The first-order valence-electron chi connectivity index (χ1n) is 5.88. The summed E-state index contributed by atoms with van der Waals surface area (Å²) in [6.07, 6.45) is 4.53. The van der Waals surface area contributed by atoms with E-state index in [2.05, 4.69) is 23.9 Å². The largest absolute Gasteiger partial charge is 0.391 e. The van der Waals surface area contributed by atoms with E-state index in [4.69, 9.17) is 0 Å². The number of hydrogen-bond acceptors (Lipinski definition) is 3. The van der Waals surface area contributed by atoms with Crippen molar-refractivity contribution in [3.05, 3.63) is 11.6 Å². The maximum absolute atomic E-state index is 9.86. The van der Waals surface area contributed by atoms with Crippen LogP contribution >= 0.6 is 0 Å². The van der Waals surface area contributed by atoms with Gasteiger partial charge in [0.1, 0.15) is 5.82 Å². The van der Waals surface area contributed by atoms with E-state index in [0.717, 1.165) is 43.8 Å². The van der Waals surface area contributed by atoms with E-state index in [1.54, 1.807) is 0 Å². The quantitative estimate of drug-likeness (QED) is 0.820. The molecule has 1 fully saturated rings. The minimum Gasteiger partial charge on any atom is -0.391 e. The lowest BCUT2D eigenvalue weighted by Gasteiger charge is -2.16. The Labute approximate surface area is 90.3 Å². The van der Waals surface area contributed by atoms with Crippen molar-refractivity contribution in [3.63, 3.8) is 0 Å². The van der Waals surface area contributed by atoms with E-state index in [1.807, 2.05) is 4.68 Å². The molecule has 2 rings (SSSR count). The first-order chi connectivity index (χ1) is 7.26. The highest BCUT2D eigenvalue weighted by atomic mass is 16.3. The van der Waals surface area contributed by atoms with Crippen molar-refractivity contribution < 1.29 is 5.11 Å².